The molecule has 0 aliphatic carbocycles. The molecule has 1 atom stereocenters. The minimum atomic E-state index is -0.758. The van der Waals surface area contributed by atoms with Crippen molar-refractivity contribution in [1.82, 2.24) is 5.32 Å². The van der Waals surface area contributed by atoms with Crippen LogP contribution in [0.2, 0.25) is 0 Å². The Balaban J connectivity index is 1.90. The van der Waals surface area contributed by atoms with Crippen molar-refractivity contribution < 1.29 is 9.90 Å². The molecular formula is C18H21NO2S. The van der Waals surface area contributed by atoms with E-state index in [0.717, 1.165) is 18.7 Å². The Morgan fingerprint density at radius 1 is 1.00 bits per heavy atom. The van der Waals surface area contributed by atoms with Gasteiger partial charge in [-0.25, -0.2) is 0 Å². The molecule has 0 spiro atoms. The van der Waals surface area contributed by atoms with E-state index in [2.05, 4.69) is 29.6 Å². The van der Waals surface area contributed by atoms with Crippen molar-refractivity contribution in [2.24, 2.45) is 0 Å². The molecular weight excluding hydrogens is 294 g/mol. The van der Waals surface area contributed by atoms with Gasteiger partial charge in [-0.15, -0.1) is 11.8 Å². The van der Waals surface area contributed by atoms with Crippen LogP contribution in [0.1, 0.15) is 11.1 Å². The van der Waals surface area contributed by atoms with E-state index in [1.165, 1.54) is 22.9 Å². The van der Waals surface area contributed by atoms with E-state index >= 15 is 0 Å². The smallest absolute Gasteiger partial charge is 0.313 e. The van der Waals surface area contributed by atoms with Gasteiger partial charge >= 0.3 is 5.97 Å². The molecule has 0 aromatic heterocycles. The summed E-state index contributed by atoms with van der Waals surface area (Å²) in [7, 11) is 0. The van der Waals surface area contributed by atoms with E-state index in [0.29, 0.717) is 0 Å². The fraction of sp³-hybridized carbons (Fsp3) is 0.278. The molecule has 0 radical (unpaired) electrons. The van der Waals surface area contributed by atoms with Crippen LogP contribution in [-0.4, -0.2) is 28.6 Å². The molecule has 0 saturated heterocycles. The maximum absolute atomic E-state index is 10.7. The van der Waals surface area contributed by atoms with Gasteiger partial charge in [-0.1, -0.05) is 60.7 Å². The highest BCUT2D eigenvalue weighted by Crippen LogP contribution is 2.10. The van der Waals surface area contributed by atoms with Gasteiger partial charge in [0, 0.05) is 18.3 Å². The lowest BCUT2D eigenvalue weighted by Gasteiger charge is -2.18. The number of hydrogen-bond donors (Lipinski definition) is 2. The Morgan fingerprint density at radius 2 is 1.59 bits per heavy atom. The molecule has 22 heavy (non-hydrogen) atoms. The largest absolute Gasteiger partial charge is 0.481 e. The van der Waals surface area contributed by atoms with Crippen molar-refractivity contribution in [3.63, 3.8) is 0 Å². The minimum Gasteiger partial charge on any atom is -0.481 e. The monoisotopic (exact) mass is 315 g/mol. The first kappa shape index (κ1) is 16.6. The van der Waals surface area contributed by atoms with Crippen molar-refractivity contribution in [1.29, 1.82) is 0 Å². The van der Waals surface area contributed by atoms with Crippen LogP contribution in [0, 0.1) is 0 Å². The second kappa shape index (κ2) is 9.28. The van der Waals surface area contributed by atoms with Gasteiger partial charge in [-0.05, 0) is 17.5 Å². The van der Waals surface area contributed by atoms with Gasteiger partial charge in [0.15, 0.2) is 0 Å². The first-order chi connectivity index (χ1) is 10.7. The first-order valence-corrected chi connectivity index (χ1v) is 8.50. The van der Waals surface area contributed by atoms with Gasteiger partial charge < -0.3 is 10.4 Å². The molecule has 0 aliphatic rings. The number of carboxylic acids is 1. The summed E-state index contributed by atoms with van der Waals surface area (Å²) < 4.78 is 0. The molecule has 4 heteroatoms. The van der Waals surface area contributed by atoms with Gasteiger partial charge in [0.2, 0.25) is 0 Å². The maximum atomic E-state index is 10.7. The van der Waals surface area contributed by atoms with Crippen molar-refractivity contribution in [2.75, 3.05) is 11.5 Å². The second-order valence-electron chi connectivity index (χ2n) is 5.16. The van der Waals surface area contributed by atoms with Crippen LogP contribution in [0.4, 0.5) is 0 Å². The average Bonchev–Trinajstić information content (AvgIpc) is 2.54. The lowest BCUT2D eigenvalue weighted by atomic mass is 10.1. The van der Waals surface area contributed by atoms with Crippen molar-refractivity contribution in [3.05, 3.63) is 71.8 Å². The Labute approximate surface area is 135 Å². The van der Waals surface area contributed by atoms with E-state index in [4.69, 9.17) is 5.11 Å². The molecule has 0 fully saturated rings. The number of thioether (sulfide) groups is 1. The zero-order valence-electron chi connectivity index (χ0n) is 12.4. The van der Waals surface area contributed by atoms with E-state index < -0.39 is 5.97 Å². The van der Waals surface area contributed by atoms with E-state index in [-0.39, 0.29) is 11.8 Å². The number of rotatable bonds is 9. The van der Waals surface area contributed by atoms with Gasteiger partial charge in [0.05, 0.1) is 5.75 Å². The summed E-state index contributed by atoms with van der Waals surface area (Å²) in [5.41, 5.74) is 2.51. The fourth-order valence-electron chi connectivity index (χ4n) is 2.24. The van der Waals surface area contributed by atoms with Gasteiger partial charge in [0.1, 0.15) is 0 Å². The number of hydrogen-bond acceptors (Lipinski definition) is 3. The summed E-state index contributed by atoms with van der Waals surface area (Å²) in [6, 6.07) is 20.8. The summed E-state index contributed by atoms with van der Waals surface area (Å²) in [6.45, 7) is 0.798. The lowest BCUT2D eigenvalue weighted by molar-refractivity contribution is -0.133. The van der Waals surface area contributed by atoms with E-state index in [1.54, 1.807) is 0 Å². The highest BCUT2D eigenvalue weighted by Gasteiger charge is 2.10. The lowest BCUT2D eigenvalue weighted by Crippen LogP contribution is -2.33. The van der Waals surface area contributed by atoms with Crippen molar-refractivity contribution in [3.8, 4) is 0 Å². The molecule has 2 N–H and O–H groups in total. The Hall–Kier alpha value is -1.78. The molecule has 2 aromatic rings. The van der Waals surface area contributed by atoms with Crippen LogP contribution in [0.5, 0.6) is 0 Å². The van der Waals surface area contributed by atoms with Crippen molar-refractivity contribution in [2.45, 2.75) is 19.0 Å². The summed E-state index contributed by atoms with van der Waals surface area (Å²) in [5, 5.41) is 12.3. The van der Waals surface area contributed by atoms with E-state index in [9.17, 15) is 4.79 Å². The predicted octanol–water partition coefficient (Wildman–Crippen LogP) is 3.21. The quantitative estimate of drug-likeness (QED) is 0.746. The number of carboxylic acid groups (broad SMARTS) is 1. The van der Waals surface area contributed by atoms with Crippen LogP contribution in [0.15, 0.2) is 60.7 Å². The highest BCUT2D eigenvalue weighted by molar-refractivity contribution is 7.99. The van der Waals surface area contributed by atoms with Crippen LogP contribution in [0.25, 0.3) is 0 Å². The van der Waals surface area contributed by atoms with Gasteiger partial charge in [-0.3, -0.25) is 4.79 Å². The molecule has 0 saturated carbocycles. The average molecular weight is 315 g/mol. The number of nitrogens with one attached hydrogen (secondary N) is 1. The van der Waals surface area contributed by atoms with Gasteiger partial charge in [0.25, 0.3) is 0 Å². The molecule has 0 aliphatic heterocycles. The molecule has 116 valence electrons. The molecule has 0 unspecified atom stereocenters. The van der Waals surface area contributed by atoms with Crippen LogP contribution >= 0.6 is 11.8 Å². The Bertz CT molecular complexity index is 560. The zero-order valence-corrected chi connectivity index (χ0v) is 13.3. The summed E-state index contributed by atoms with van der Waals surface area (Å²) in [4.78, 5) is 10.7. The summed E-state index contributed by atoms with van der Waals surface area (Å²) in [6.07, 6.45) is 0.903. The highest BCUT2D eigenvalue weighted by atomic mass is 32.2. The van der Waals surface area contributed by atoms with Crippen LogP contribution < -0.4 is 5.32 Å². The molecule has 2 rings (SSSR count). The third-order valence-electron chi connectivity index (χ3n) is 3.31. The predicted molar refractivity (Wildman–Crippen MR) is 92.2 cm³/mol. The number of carbonyl (C=O) groups is 1. The molecule has 0 bridgehead atoms. The summed E-state index contributed by atoms with van der Waals surface area (Å²) >= 11 is 1.46. The third kappa shape index (κ3) is 6.33. The van der Waals surface area contributed by atoms with Crippen molar-refractivity contribution >= 4 is 17.7 Å². The second-order valence-corrected chi connectivity index (χ2v) is 6.19. The van der Waals surface area contributed by atoms with Crippen LogP contribution in [0.3, 0.4) is 0 Å². The fourth-order valence-corrected chi connectivity index (χ4v) is 3.05. The standard InChI is InChI=1S/C18H21NO2S/c20-18(21)14-22-13-17(11-15-7-3-1-4-8-15)19-12-16-9-5-2-6-10-16/h1-10,17,19H,11-14H2,(H,20,21)/t17-/m0/s1. The minimum absolute atomic E-state index is 0.151. The van der Waals surface area contributed by atoms with Gasteiger partial charge in [-0.2, -0.15) is 0 Å². The SMILES string of the molecule is O=C(O)CSC[C@H](Cc1ccccc1)NCc1ccccc1. The van der Waals surface area contributed by atoms with E-state index in [1.807, 2.05) is 36.4 Å². The molecule has 2 aromatic carbocycles. The topological polar surface area (TPSA) is 49.3 Å². The number of aliphatic carboxylic acids is 1. The number of benzene rings is 2. The zero-order chi connectivity index (χ0) is 15.6. The Morgan fingerprint density at radius 3 is 2.18 bits per heavy atom. The first-order valence-electron chi connectivity index (χ1n) is 7.35. The molecule has 3 nitrogen and oxygen atoms in total. The summed E-state index contributed by atoms with van der Waals surface area (Å²) in [5.74, 6) is 0.179. The normalized spacial score (nSPS) is 12.0. The molecule has 0 heterocycles. The molecule has 0 amide bonds. The maximum Gasteiger partial charge on any atom is 0.313 e. The third-order valence-corrected chi connectivity index (χ3v) is 4.40. The Kier molecular flexibility index (Phi) is 7.00. The van der Waals surface area contributed by atoms with Crippen LogP contribution in [-0.2, 0) is 17.8 Å².